The van der Waals surface area contributed by atoms with Crippen LogP contribution in [-0.2, 0) is 0 Å². The first-order valence-corrected chi connectivity index (χ1v) is 7.87. The summed E-state index contributed by atoms with van der Waals surface area (Å²) in [5.41, 5.74) is 15.5. The van der Waals surface area contributed by atoms with E-state index < -0.39 is 0 Å². The second kappa shape index (κ2) is 4.76. The third-order valence-corrected chi connectivity index (χ3v) is 4.76. The van der Waals surface area contributed by atoms with Gasteiger partial charge in [-0.2, -0.15) is 5.26 Å². The van der Waals surface area contributed by atoms with Crippen LogP contribution in [0.4, 0.5) is 5.69 Å². The van der Waals surface area contributed by atoms with Crippen molar-refractivity contribution in [3.05, 3.63) is 58.2 Å². The van der Waals surface area contributed by atoms with E-state index in [1.54, 1.807) is 23.5 Å². The number of fused-ring (bicyclic) bond motifs is 2. The highest BCUT2D eigenvalue weighted by molar-refractivity contribution is 7.15. The van der Waals surface area contributed by atoms with Crippen LogP contribution in [0.2, 0.25) is 0 Å². The normalized spacial score (nSPS) is 17.0. The molecule has 0 amide bonds. The number of ether oxygens (including phenoxy) is 1. The van der Waals surface area contributed by atoms with E-state index in [0.29, 0.717) is 17.0 Å². The van der Waals surface area contributed by atoms with Crippen molar-refractivity contribution in [1.29, 1.82) is 5.26 Å². The van der Waals surface area contributed by atoms with Crippen LogP contribution in [0.3, 0.4) is 0 Å². The zero-order valence-electron chi connectivity index (χ0n) is 12.3. The first-order chi connectivity index (χ1) is 11.1. The Morgan fingerprint density at radius 1 is 1.39 bits per heavy atom. The Labute approximate surface area is 136 Å². The fourth-order valence-corrected chi connectivity index (χ4v) is 3.78. The lowest BCUT2D eigenvalue weighted by Crippen LogP contribution is -2.22. The predicted octanol–water partition coefficient (Wildman–Crippen LogP) is 2.50. The Bertz CT molecular complexity index is 1010. The Morgan fingerprint density at radius 2 is 2.22 bits per heavy atom. The highest BCUT2D eigenvalue weighted by Gasteiger charge is 2.34. The van der Waals surface area contributed by atoms with E-state index in [0.717, 1.165) is 21.9 Å². The molecule has 1 aliphatic rings. The van der Waals surface area contributed by atoms with Gasteiger partial charge < -0.3 is 16.2 Å². The molecule has 4 N–H and O–H groups in total. The molecule has 7 heteroatoms. The molecule has 0 bridgehead atoms. The lowest BCUT2D eigenvalue weighted by Gasteiger charge is -2.26. The molecule has 6 nitrogen and oxygen atoms in total. The summed E-state index contributed by atoms with van der Waals surface area (Å²) < 4.78 is 7.61. The van der Waals surface area contributed by atoms with Gasteiger partial charge in [-0.15, -0.1) is 11.3 Å². The van der Waals surface area contributed by atoms with Crippen LogP contribution in [0.5, 0.6) is 5.75 Å². The van der Waals surface area contributed by atoms with Gasteiger partial charge in [0.1, 0.15) is 17.4 Å². The summed E-state index contributed by atoms with van der Waals surface area (Å²) in [6.45, 7) is 1.94. The van der Waals surface area contributed by atoms with E-state index in [2.05, 4.69) is 11.1 Å². The van der Waals surface area contributed by atoms with Crippen molar-refractivity contribution in [2.45, 2.75) is 12.8 Å². The highest BCUT2D eigenvalue weighted by Crippen LogP contribution is 2.44. The van der Waals surface area contributed by atoms with Crippen LogP contribution >= 0.6 is 11.3 Å². The molecule has 2 aromatic heterocycles. The fraction of sp³-hybridized carbons (Fsp3) is 0.125. The molecule has 1 atom stereocenters. The molecule has 0 radical (unpaired) electrons. The maximum atomic E-state index is 9.60. The lowest BCUT2D eigenvalue weighted by atomic mass is 9.85. The number of nitrogens with zero attached hydrogens (tertiary/aromatic N) is 3. The molecular weight excluding hydrogens is 310 g/mol. The Balaban J connectivity index is 2.04. The molecule has 0 unspecified atom stereocenters. The van der Waals surface area contributed by atoms with E-state index in [4.69, 9.17) is 16.2 Å². The number of hydrogen-bond donors (Lipinski definition) is 2. The number of nitriles is 1. The zero-order chi connectivity index (χ0) is 16.1. The van der Waals surface area contributed by atoms with Crippen molar-refractivity contribution in [1.82, 2.24) is 9.38 Å². The van der Waals surface area contributed by atoms with Gasteiger partial charge in [-0.25, -0.2) is 4.98 Å². The maximum absolute atomic E-state index is 9.60. The van der Waals surface area contributed by atoms with Gasteiger partial charge in [0.25, 0.3) is 0 Å². The SMILES string of the molecule is Cc1nc2sccn2c1[C@H]1C(C#N)=C(N)Oc2cc(N)ccc21. The average molecular weight is 323 g/mol. The summed E-state index contributed by atoms with van der Waals surface area (Å²) in [5.74, 6) is 0.366. The van der Waals surface area contributed by atoms with Crippen molar-refractivity contribution in [3.63, 3.8) is 0 Å². The number of allylic oxidation sites excluding steroid dienone is 1. The quantitative estimate of drug-likeness (QED) is 0.670. The topological polar surface area (TPSA) is 102 Å². The molecule has 0 aliphatic carbocycles. The molecule has 0 fully saturated rings. The van der Waals surface area contributed by atoms with E-state index in [-0.39, 0.29) is 11.8 Å². The smallest absolute Gasteiger partial charge is 0.205 e. The standard InChI is InChI=1S/C16H13N5OS/c1-8-14(21-4-5-23-16(21)20-8)13-10-3-2-9(18)6-12(10)22-15(19)11(13)7-17/h2-6,13H,18-19H2,1H3/t13-/m1/s1. The summed E-state index contributed by atoms with van der Waals surface area (Å²) in [5, 5.41) is 11.6. The van der Waals surface area contributed by atoms with Crippen molar-refractivity contribution in [2.24, 2.45) is 5.73 Å². The Morgan fingerprint density at radius 3 is 3.00 bits per heavy atom. The van der Waals surface area contributed by atoms with Crippen LogP contribution in [0.1, 0.15) is 22.9 Å². The minimum atomic E-state index is -0.325. The van der Waals surface area contributed by atoms with Crippen LogP contribution in [0.25, 0.3) is 4.96 Å². The molecular formula is C16H13N5OS. The molecule has 3 heterocycles. The number of anilines is 1. The number of rotatable bonds is 1. The Hall–Kier alpha value is -2.98. The summed E-state index contributed by atoms with van der Waals surface area (Å²) >= 11 is 1.55. The largest absolute Gasteiger partial charge is 0.440 e. The van der Waals surface area contributed by atoms with Gasteiger partial charge in [-0.1, -0.05) is 6.07 Å². The number of hydrogen-bond acceptors (Lipinski definition) is 6. The van der Waals surface area contributed by atoms with E-state index in [1.165, 1.54) is 0 Å². The molecule has 114 valence electrons. The van der Waals surface area contributed by atoms with E-state index >= 15 is 0 Å². The van der Waals surface area contributed by atoms with Crippen LogP contribution in [0, 0.1) is 18.3 Å². The van der Waals surface area contributed by atoms with Crippen molar-refractivity contribution < 1.29 is 4.74 Å². The average Bonchev–Trinajstić information content (AvgIpc) is 3.06. The number of aromatic nitrogens is 2. The van der Waals surface area contributed by atoms with Crippen molar-refractivity contribution >= 4 is 22.0 Å². The van der Waals surface area contributed by atoms with Gasteiger partial charge in [0.05, 0.1) is 17.3 Å². The van der Waals surface area contributed by atoms with Crippen molar-refractivity contribution in [2.75, 3.05) is 5.73 Å². The highest BCUT2D eigenvalue weighted by atomic mass is 32.1. The number of benzene rings is 1. The second-order valence-corrected chi connectivity index (χ2v) is 6.23. The van der Waals surface area contributed by atoms with E-state index in [1.807, 2.05) is 29.0 Å². The minimum absolute atomic E-state index is 0.111. The first kappa shape index (κ1) is 13.7. The lowest BCUT2D eigenvalue weighted by molar-refractivity contribution is 0.393. The van der Waals surface area contributed by atoms with Crippen LogP contribution in [-0.4, -0.2) is 9.38 Å². The van der Waals surface area contributed by atoms with Gasteiger partial charge in [0, 0.05) is 28.9 Å². The summed E-state index contributed by atoms with van der Waals surface area (Å²) in [6.07, 6.45) is 1.95. The summed E-state index contributed by atoms with van der Waals surface area (Å²) in [6, 6.07) is 7.60. The fourth-order valence-electron chi connectivity index (χ4n) is 3.01. The molecule has 1 aliphatic heterocycles. The molecule has 0 spiro atoms. The molecule has 3 aromatic rings. The molecule has 1 aromatic carbocycles. The Kier molecular flexibility index (Phi) is 2.83. The number of imidazole rings is 1. The molecule has 4 rings (SSSR count). The van der Waals surface area contributed by atoms with Gasteiger partial charge in [0.15, 0.2) is 4.96 Å². The summed E-state index contributed by atoms with van der Waals surface area (Å²) in [7, 11) is 0. The van der Waals surface area contributed by atoms with Gasteiger partial charge >= 0.3 is 0 Å². The summed E-state index contributed by atoms with van der Waals surface area (Å²) in [4.78, 5) is 5.46. The van der Waals surface area contributed by atoms with Crippen LogP contribution in [0.15, 0.2) is 41.2 Å². The van der Waals surface area contributed by atoms with Crippen LogP contribution < -0.4 is 16.2 Å². The number of nitrogen functional groups attached to an aromatic ring is 1. The third kappa shape index (κ3) is 1.89. The monoisotopic (exact) mass is 323 g/mol. The first-order valence-electron chi connectivity index (χ1n) is 6.99. The van der Waals surface area contributed by atoms with Gasteiger partial charge in [-0.05, 0) is 13.0 Å². The van der Waals surface area contributed by atoms with E-state index in [9.17, 15) is 5.26 Å². The second-order valence-electron chi connectivity index (χ2n) is 5.36. The number of nitrogens with two attached hydrogens (primary N) is 2. The maximum Gasteiger partial charge on any atom is 0.205 e. The minimum Gasteiger partial charge on any atom is -0.440 e. The van der Waals surface area contributed by atoms with Crippen molar-refractivity contribution in [3.8, 4) is 11.8 Å². The number of thiazole rings is 1. The third-order valence-electron chi connectivity index (χ3n) is 4.00. The molecule has 23 heavy (non-hydrogen) atoms. The zero-order valence-corrected chi connectivity index (χ0v) is 13.1. The predicted molar refractivity (Wildman–Crippen MR) is 88.0 cm³/mol. The number of aryl methyl sites for hydroxylation is 1. The molecule has 0 saturated heterocycles. The van der Waals surface area contributed by atoms with Gasteiger partial charge in [-0.3, -0.25) is 4.40 Å². The van der Waals surface area contributed by atoms with Gasteiger partial charge in [0.2, 0.25) is 5.88 Å². The molecule has 0 saturated carbocycles.